The van der Waals surface area contributed by atoms with Gasteiger partial charge in [0.15, 0.2) is 6.10 Å². The maximum Gasteiger partial charge on any atom is 0.472 e. The van der Waals surface area contributed by atoms with Crippen molar-refractivity contribution in [1.82, 2.24) is 15.3 Å². The van der Waals surface area contributed by atoms with Crippen molar-refractivity contribution in [3.8, 4) is 0 Å². The number of nitrogens with one attached hydrogen (secondary N) is 2. The first-order chi connectivity index (χ1) is 29.8. The van der Waals surface area contributed by atoms with Crippen LogP contribution in [0.15, 0.2) is 12.5 Å². The largest absolute Gasteiger partial charge is 0.472 e. The van der Waals surface area contributed by atoms with Gasteiger partial charge >= 0.3 is 19.8 Å². The molecule has 0 spiro atoms. The Hall–Kier alpha value is -2.31. The molecule has 3 atom stereocenters. The summed E-state index contributed by atoms with van der Waals surface area (Å²) in [7, 11) is 1.25. The van der Waals surface area contributed by atoms with Crippen LogP contribution in [0.3, 0.4) is 0 Å². The van der Waals surface area contributed by atoms with E-state index in [1.807, 2.05) is 21.1 Å². The van der Waals surface area contributed by atoms with Gasteiger partial charge < -0.3 is 29.2 Å². The highest BCUT2D eigenvalue weighted by Crippen LogP contribution is 2.43. The molecule has 14 heteroatoms. The van der Waals surface area contributed by atoms with Gasteiger partial charge in [0.2, 0.25) is 5.91 Å². The van der Waals surface area contributed by atoms with Crippen molar-refractivity contribution in [2.75, 3.05) is 47.5 Å². The van der Waals surface area contributed by atoms with E-state index in [4.69, 9.17) is 18.5 Å². The number of phosphoric ester groups is 1. The number of imidazole rings is 1. The first-order valence-corrected chi connectivity index (χ1v) is 26.4. The summed E-state index contributed by atoms with van der Waals surface area (Å²) in [6, 6.07) is -1.08. The second-order valence-electron chi connectivity index (χ2n) is 18.4. The third kappa shape index (κ3) is 36.1. The second-order valence-corrected chi connectivity index (χ2v) is 19.9. The number of carbonyl (C=O) groups is 3. The smallest absolute Gasteiger partial charge is 0.462 e. The van der Waals surface area contributed by atoms with E-state index < -0.39 is 38.5 Å². The Balaban J connectivity index is 2.61. The number of hydrogen-bond acceptors (Lipinski definition) is 9. The molecule has 2 unspecified atom stereocenters. The predicted molar refractivity (Wildman–Crippen MR) is 250 cm³/mol. The van der Waals surface area contributed by atoms with Crippen LogP contribution in [0.1, 0.15) is 212 Å². The van der Waals surface area contributed by atoms with Crippen LogP contribution in [-0.4, -0.2) is 96.8 Å². The first-order valence-electron chi connectivity index (χ1n) is 24.9. The molecule has 1 rings (SSSR count). The molecule has 0 saturated heterocycles. The number of nitrogens with zero attached hydrogens (tertiary/aromatic N) is 2. The van der Waals surface area contributed by atoms with Gasteiger partial charge in [-0.05, 0) is 12.8 Å². The summed E-state index contributed by atoms with van der Waals surface area (Å²) in [5.41, 5.74) is 0.613. The van der Waals surface area contributed by atoms with E-state index in [9.17, 15) is 23.8 Å². The fourth-order valence-electron chi connectivity index (χ4n) is 7.29. The van der Waals surface area contributed by atoms with Crippen molar-refractivity contribution in [1.29, 1.82) is 0 Å². The van der Waals surface area contributed by atoms with Crippen LogP contribution in [0, 0.1) is 0 Å². The summed E-state index contributed by atoms with van der Waals surface area (Å²) >= 11 is 0. The third-order valence-electron chi connectivity index (χ3n) is 11.2. The van der Waals surface area contributed by atoms with Crippen molar-refractivity contribution >= 4 is 25.7 Å². The van der Waals surface area contributed by atoms with Gasteiger partial charge in [0, 0.05) is 31.2 Å². The van der Waals surface area contributed by atoms with Gasteiger partial charge in [-0.1, -0.05) is 181 Å². The monoisotopic (exact) mass is 900 g/mol. The summed E-state index contributed by atoms with van der Waals surface area (Å²) in [4.78, 5) is 56.9. The summed E-state index contributed by atoms with van der Waals surface area (Å²) in [6.07, 6.45) is 36.3. The quantitative estimate of drug-likeness (QED) is 0.0248. The fourth-order valence-corrected chi connectivity index (χ4v) is 8.03. The highest BCUT2D eigenvalue weighted by Gasteiger charge is 2.30. The molecule has 0 bridgehead atoms. The molecule has 0 saturated carbocycles. The minimum atomic E-state index is -4.52. The molecule has 1 amide bonds. The number of unbranched alkanes of at least 4 members (excludes halogenated alkanes) is 26. The standard InChI is InChI=1S/C48H91N4O9P/c1-6-8-10-12-14-16-18-20-22-24-26-28-30-32-34-46(53)51-45(38-43-39-49-42-50-43)48(55)61-44(41-60-62(56,57)59-37-36-52(3,4)5)40-58-47(54)35-33-31-29-27-25-23-21-19-17-15-13-11-9-7-2/h39,42,44-45H,6-38,40-41H2,1-5H3,(H2-,49,50,51,53,56,57)/p+1/t44-,45?/m1/s1. The van der Waals surface area contributed by atoms with Gasteiger partial charge in [0.25, 0.3) is 0 Å². The lowest BCUT2D eigenvalue weighted by molar-refractivity contribution is -0.870. The average Bonchev–Trinajstić information content (AvgIpc) is 3.74. The van der Waals surface area contributed by atoms with E-state index in [0.29, 0.717) is 29.6 Å². The average molecular weight is 900 g/mol. The molecule has 13 nitrogen and oxygen atoms in total. The van der Waals surface area contributed by atoms with Crippen LogP contribution in [0.2, 0.25) is 0 Å². The number of phosphoric acid groups is 1. The number of likely N-dealkylation sites (N-methyl/N-ethyl adjacent to an activating group) is 1. The highest BCUT2D eigenvalue weighted by molar-refractivity contribution is 7.47. The van der Waals surface area contributed by atoms with E-state index in [2.05, 4.69) is 29.1 Å². The lowest BCUT2D eigenvalue weighted by Gasteiger charge is -2.25. The van der Waals surface area contributed by atoms with E-state index in [1.54, 1.807) is 6.20 Å². The molecule has 0 aliphatic carbocycles. The lowest BCUT2D eigenvalue weighted by atomic mass is 10.0. The lowest BCUT2D eigenvalue weighted by Crippen LogP contribution is -2.45. The van der Waals surface area contributed by atoms with Crippen molar-refractivity contribution < 1.29 is 46.8 Å². The molecule has 0 aliphatic heterocycles. The molecule has 362 valence electrons. The molecule has 62 heavy (non-hydrogen) atoms. The Labute approximate surface area is 377 Å². The van der Waals surface area contributed by atoms with Crippen LogP contribution >= 0.6 is 7.82 Å². The number of carbonyl (C=O) groups excluding carboxylic acids is 3. The molecule has 3 N–H and O–H groups in total. The van der Waals surface area contributed by atoms with Gasteiger partial charge in [0.05, 0.1) is 34.1 Å². The Morgan fingerprint density at radius 2 is 1.13 bits per heavy atom. The molecule has 0 radical (unpaired) electrons. The topological polar surface area (TPSA) is 166 Å². The third-order valence-corrected chi connectivity index (χ3v) is 12.2. The fraction of sp³-hybridized carbons (Fsp3) is 0.875. The molecule has 1 aromatic heterocycles. The number of hydrogen-bond donors (Lipinski definition) is 3. The molecule has 0 aromatic carbocycles. The van der Waals surface area contributed by atoms with E-state index >= 15 is 0 Å². The number of rotatable bonds is 44. The normalized spacial score (nSPS) is 13.7. The first kappa shape index (κ1) is 57.7. The summed E-state index contributed by atoms with van der Waals surface area (Å²) in [5, 5.41) is 2.82. The molecular formula is C48H92N4O9P+. The minimum absolute atomic E-state index is 0.0342. The molecule has 0 fully saturated rings. The van der Waals surface area contributed by atoms with Crippen LogP contribution < -0.4 is 5.32 Å². The molecule has 1 aromatic rings. The zero-order chi connectivity index (χ0) is 45.6. The van der Waals surface area contributed by atoms with Crippen molar-refractivity contribution in [3.05, 3.63) is 18.2 Å². The number of ether oxygens (including phenoxy) is 2. The van der Waals surface area contributed by atoms with Gasteiger partial charge in [0.1, 0.15) is 25.8 Å². The maximum absolute atomic E-state index is 13.7. The Kier molecular flexibility index (Phi) is 35.4. The van der Waals surface area contributed by atoms with E-state index in [1.165, 1.54) is 135 Å². The van der Waals surface area contributed by atoms with Gasteiger partial charge in [-0.2, -0.15) is 0 Å². The highest BCUT2D eigenvalue weighted by atomic mass is 31.2. The Bertz CT molecular complexity index is 1280. The molecule has 0 aliphatic rings. The van der Waals surface area contributed by atoms with E-state index in [-0.39, 0.29) is 38.4 Å². The molecule has 1 heterocycles. The van der Waals surface area contributed by atoms with Crippen molar-refractivity contribution in [2.24, 2.45) is 0 Å². The number of H-pyrrole nitrogens is 1. The molecular weight excluding hydrogens is 808 g/mol. The van der Waals surface area contributed by atoms with Crippen LogP contribution in [0.25, 0.3) is 0 Å². The van der Waals surface area contributed by atoms with Crippen LogP contribution in [0.5, 0.6) is 0 Å². The number of quaternary nitrogens is 1. The van der Waals surface area contributed by atoms with Crippen molar-refractivity contribution in [3.63, 3.8) is 0 Å². The number of aromatic nitrogens is 2. The predicted octanol–water partition coefficient (Wildman–Crippen LogP) is 11.5. The Morgan fingerprint density at radius 1 is 0.677 bits per heavy atom. The zero-order valence-corrected chi connectivity index (χ0v) is 41.0. The van der Waals surface area contributed by atoms with Crippen LogP contribution in [0.4, 0.5) is 0 Å². The number of amides is 1. The minimum Gasteiger partial charge on any atom is -0.462 e. The van der Waals surface area contributed by atoms with Crippen LogP contribution in [-0.2, 0) is 43.9 Å². The SMILES string of the molecule is CCCCCCCCCCCCCCCCC(=O)NC(Cc1cnc[nH]1)C(=O)O[C@H](COC(=O)CCCCCCCCCCCCCCCC)COP(=O)(O)OCC[N+](C)(C)C. The van der Waals surface area contributed by atoms with E-state index in [0.717, 1.165) is 38.5 Å². The van der Waals surface area contributed by atoms with Gasteiger partial charge in [-0.3, -0.25) is 18.6 Å². The second kappa shape index (κ2) is 38.0. The number of esters is 2. The Morgan fingerprint density at radius 3 is 1.56 bits per heavy atom. The number of aromatic amines is 1. The zero-order valence-electron chi connectivity index (χ0n) is 40.1. The van der Waals surface area contributed by atoms with Crippen molar-refractivity contribution in [2.45, 2.75) is 225 Å². The summed E-state index contributed by atoms with van der Waals surface area (Å²) < 4.78 is 34.9. The van der Waals surface area contributed by atoms with Gasteiger partial charge in [-0.25, -0.2) is 14.3 Å². The summed E-state index contributed by atoms with van der Waals surface area (Å²) in [5.74, 6) is -1.51. The maximum atomic E-state index is 13.7. The summed E-state index contributed by atoms with van der Waals surface area (Å²) in [6.45, 7) is 3.98. The van der Waals surface area contributed by atoms with Gasteiger partial charge in [-0.15, -0.1) is 0 Å².